The number of nitrogens with zero attached hydrogens (tertiary/aromatic N) is 1. The van der Waals surface area contributed by atoms with Gasteiger partial charge in [-0.25, -0.2) is 8.42 Å². The Morgan fingerprint density at radius 3 is 2.76 bits per heavy atom. The Morgan fingerprint density at radius 2 is 2.10 bits per heavy atom. The molecule has 21 heavy (non-hydrogen) atoms. The molecule has 1 amide bonds. The maximum Gasteiger partial charge on any atom is 0.266 e. The highest BCUT2D eigenvalue weighted by molar-refractivity contribution is 7.91. The van der Waals surface area contributed by atoms with Crippen molar-refractivity contribution < 1.29 is 13.2 Å². The maximum atomic E-state index is 12.7. The van der Waals surface area contributed by atoms with Crippen LogP contribution in [0.3, 0.4) is 0 Å². The van der Waals surface area contributed by atoms with Crippen LogP contribution in [0.5, 0.6) is 0 Å². The Bertz CT molecular complexity index is 811. The first kappa shape index (κ1) is 14.3. The van der Waals surface area contributed by atoms with Crippen molar-refractivity contribution in [3.63, 3.8) is 0 Å². The molecule has 1 fully saturated rings. The molecule has 1 aromatic heterocycles. The fraction of sp³-hybridized carbons (Fsp3) is 0.357. The van der Waals surface area contributed by atoms with Gasteiger partial charge in [-0.2, -0.15) is 0 Å². The summed E-state index contributed by atoms with van der Waals surface area (Å²) in [5, 5.41) is 0.878. The first-order valence-electron chi connectivity index (χ1n) is 6.67. The lowest BCUT2D eigenvalue weighted by atomic mass is 10.2. The second-order valence-electron chi connectivity index (χ2n) is 5.30. The van der Waals surface area contributed by atoms with Crippen molar-refractivity contribution >= 4 is 42.9 Å². The summed E-state index contributed by atoms with van der Waals surface area (Å²) in [4.78, 5) is 14.8. The molecule has 1 atom stereocenters. The molecule has 0 radical (unpaired) electrons. The molecule has 2 N–H and O–H groups in total. The van der Waals surface area contributed by atoms with Gasteiger partial charge in [-0.15, -0.1) is 11.3 Å². The second-order valence-corrected chi connectivity index (χ2v) is 8.58. The summed E-state index contributed by atoms with van der Waals surface area (Å²) in [7, 11) is -3.04. The summed E-state index contributed by atoms with van der Waals surface area (Å²) in [5.74, 6) is -0.131. The fourth-order valence-corrected chi connectivity index (χ4v) is 5.29. The van der Waals surface area contributed by atoms with Crippen LogP contribution in [0.4, 0.5) is 5.69 Å². The molecule has 1 saturated heterocycles. The van der Waals surface area contributed by atoms with Crippen LogP contribution in [-0.4, -0.2) is 43.3 Å². The molecule has 1 aliphatic heterocycles. The molecule has 3 rings (SSSR count). The Hall–Kier alpha value is -1.60. The minimum Gasteiger partial charge on any atom is -0.397 e. The van der Waals surface area contributed by atoms with E-state index in [1.54, 1.807) is 11.8 Å². The van der Waals surface area contributed by atoms with E-state index in [0.29, 0.717) is 10.6 Å². The lowest BCUT2D eigenvalue weighted by Crippen LogP contribution is -2.49. The minimum absolute atomic E-state index is 0.0174. The van der Waals surface area contributed by atoms with Gasteiger partial charge < -0.3 is 10.6 Å². The smallest absolute Gasteiger partial charge is 0.266 e. The number of benzene rings is 1. The molecule has 112 valence electrons. The van der Waals surface area contributed by atoms with Gasteiger partial charge in [-0.1, -0.05) is 18.2 Å². The topological polar surface area (TPSA) is 80.5 Å². The first-order chi connectivity index (χ1) is 9.89. The number of nitrogen functional groups attached to an aromatic ring is 1. The molecule has 5 nitrogen and oxygen atoms in total. The summed E-state index contributed by atoms with van der Waals surface area (Å²) in [6, 6.07) is 7.29. The zero-order valence-corrected chi connectivity index (χ0v) is 13.2. The van der Waals surface area contributed by atoms with Crippen LogP contribution in [0.15, 0.2) is 24.3 Å². The largest absolute Gasteiger partial charge is 0.397 e. The average Bonchev–Trinajstić information content (AvgIpc) is 2.75. The SMILES string of the molecule is CC1CS(=O)(=O)CCN1C(=O)c1sc2ccccc2c1N. The van der Waals surface area contributed by atoms with E-state index < -0.39 is 9.84 Å². The number of thiophene rings is 1. The van der Waals surface area contributed by atoms with Crippen LogP contribution in [0.1, 0.15) is 16.6 Å². The monoisotopic (exact) mass is 324 g/mol. The normalized spacial score (nSPS) is 21.6. The van der Waals surface area contributed by atoms with E-state index in [1.165, 1.54) is 11.3 Å². The Morgan fingerprint density at radius 1 is 1.38 bits per heavy atom. The molecular formula is C14H16N2O3S2. The summed E-state index contributed by atoms with van der Waals surface area (Å²) in [6.45, 7) is 1.99. The van der Waals surface area contributed by atoms with Gasteiger partial charge in [0.05, 0.1) is 17.2 Å². The van der Waals surface area contributed by atoms with Crippen LogP contribution >= 0.6 is 11.3 Å². The lowest BCUT2D eigenvalue weighted by molar-refractivity contribution is 0.0718. The fourth-order valence-electron chi connectivity index (χ4n) is 2.66. The van der Waals surface area contributed by atoms with Gasteiger partial charge in [0.2, 0.25) is 0 Å². The second kappa shape index (κ2) is 4.99. The number of fused-ring (bicyclic) bond motifs is 1. The summed E-state index contributed by atoms with van der Waals surface area (Å²) < 4.78 is 24.2. The number of anilines is 1. The van der Waals surface area contributed by atoms with E-state index in [0.717, 1.165) is 10.1 Å². The zero-order valence-electron chi connectivity index (χ0n) is 11.6. The van der Waals surface area contributed by atoms with Crippen LogP contribution in [0, 0.1) is 0 Å². The van der Waals surface area contributed by atoms with E-state index in [1.807, 2.05) is 24.3 Å². The number of sulfone groups is 1. The highest BCUT2D eigenvalue weighted by Crippen LogP contribution is 2.34. The predicted octanol–water partition coefficient (Wildman–Crippen LogP) is 1.74. The summed E-state index contributed by atoms with van der Waals surface area (Å²) in [6.07, 6.45) is 0. The summed E-state index contributed by atoms with van der Waals surface area (Å²) in [5.41, 5.74) is 6.58. The van der Waals surface area contributed by atoms with Crippen molar-refractivity contribution in [2.75, 3.05) is 23.8 Å². The van der Waals surface area contributed by atoms with E-state index in [4.69, 9.17) is 5.73 Å². The number of rotatable bonds is 1. The quantitative estimate of drug-likeness (QED) is 0.866. The van der Waals surface area contributed by atoms with Crippen LogP contribution < -0.4 is 5.73 Å². The number of hydrogen-bond acceptors (Lipinski definition) is 5. The Balaban J connectivity index is 1.96. The molecular weight excluding hydrogens is 308 g/mol. The van der Waals surface area contributed by atoms with Gasteiger partial charge in [-0.3, -0.25) is 4.79 Å². The third-order valence-electron chi connectivity index (χ3n) is 3.76. The van der Waals surface area contributed by atoms with Crippen molar-refractivity contribution in [2.24, 2.45) is 0 Å². The van der Waals surface area contributed by atoms with Crippen molar-refractivity contribution in [1.82, 2.24) is 4.90 Å². The highest BCUT2D eigenvalue weighted by Gasteiger charge is 2.33. The molecule has 0 saturated carbocycles. The maximum absolute atomic E-state index is 12.7. The zero-order chi connectivity index (χ0) is 15.2. The van der Waals surface area contributed by atoms with Crippen LogP contribution in [0.2, 0.25) is 0 Å². The molecule has 1 aliphatic rings. The van der Waals surface area contributed by atoms with Gasteiger partial charge >= 0.3 is 0 Å². The Labute approximate surface area is 127 Å². The minimum atomic E-state index is -3.04. The van der Waals surface area contributed by atoms with E-state index in [-0.39, 0.29) is 30.0 Å². The van der Waals surface area contributed by atoms with Crippen molar-refractivity contribution in [3.05, 3.63) is 29.1 Å². The standard InChI is InChI=1S/C14H16N2O3S2/c1-9-8-21(18,19)7-6-16(9)14(17)13-12(15)10-4-2-3-5-11(10)20-13/h2-5,9H,6-8,15H2,1H3. The molecule has 0 spiro atoms. The molecule has 2 heterocycles. The van der Waals surface area contributed by atoms with Crippen molar-refractivity contribution in [1.29, 1.82) is 0 Å². The van der Waals surface area contributed by atoms with Crippen LogP contribution in [-0.2, 0) is 9.84 Å². The average molecular weight is 324 g/mol. The molecule has 1 unspecified atom stereocenters. The van der Waals surface area contributed by atoms with Gasteiger partial charge in [0, 0.05) is 22.7 Å². The third-order valence-corrected chi connectivity index (χ3v) is 6.73. The van der Waals surface area contributed by atoms with E-state index in [9.17, 15) is 13.2 Å². The van der Waals surface area contributed by atoms with E-state index in [2.05, 4.69) is 0 Å². The van der Waals surface area contributed by atoms with Gasteiger partial charge in [0.1, 0.15) is 4.88 Å². The Kier molecular flexibility index (Phi) is 3.41. The van der Waals surface area contributed by atoms with Gasteiger partial charge in [0.25, 0.3) is 5.91 Å². The van der Waals surface area contributed by atoms with Crippen molar-refractivity contribution in [3.8, 4) is 0 Å². The lowest BCUT2D eigenvalue weighted by Gasteiger charge is -2.32. The van der Waals surface area contributed by atoms with E-state index >= 15 is 0 Å². The molecule has 7 heteroatoms. The molecule has 2 aromatic rings. The molecule has 0 bridgehead atoms. The van der Waals surface area contributed by atoms with Crippen LogP contribution in [0.25, 0.3) is 10.1 Å². The highest BCUT2D eigenvalue weighted by atomic mass is 32.2. The third kappa shape index (κ3) is 2.51. The molecule has 0 aliphatic carbocycles. The van der Waals surface area contributed by atoms with Gasteiger partial charge in [0.15, 0.2) is 9.84 Å². The number of hydrogen-bond donors (Lipinski definition) is 1. The number of carbonyl (C=O) groups excluding carboxylic acids is 1. The number of carbonyl (C=O) groups is 1. The van der Waals surface area contributed by atoms with Crippen molar-refractivity contribution in [2.45, 2.75) is 13.0 Å². The first-order valence-corrected chi connectivity index (χ1v) is 9.31. The number of amides is 1. The summed E-state index contributed by atoms with van der Waals surface area (Å²) >= 11 is 1.36. The van der Waals surface area contributed by atoms with Gasteiger partial charge in [-0.05, 0) is 13.0 Å². The molecule has 1 aromatic carbocycles. The predicted molar refractivity (Wildman–Crippen MR) is 85.4 cm³/mol. The number of nitrogens with two attached hydrogens (primary N) is 1.